The Hall–Kier alpha value is -12.3. The standard InChI is InChI=1S/C81H49F2N7/c82-65-37-63(38-66(83)45-65)64-43-80(89-76-39-55(59-25-33-72(85-47-59)51-13-5-1-6-14-51)21-29-67(76)68-30-22-56(40-77(68)89)60-26-34-73(86-48-60)52-15-7-2-8-16-52)71(46-84)81(44-64)90-78-41-57(61-27-35-74(87-49-61)53-17-9-3-10-18-53)23-31-69(78)70-32-24-58(42-79(70)90)62-28-36-75(88-50-62)54-19-11-4-12-20-54/h1-45,47-50H. The first-order chi connectivity index (χ1) is 44.3. The Labute approximate surface area is 517 Å². The molecule has 0 spiro atoms. The van der Waals surface area contributed by atoms with Crippen LogP contribution in [0.25, 0.3) is 156 Å². The summed E-state index contributed by atoms with van der Waals surface area (Å²) < 4.78 is 35.9. The zero-order valence-corrected chi connectivity index (χ0v) is 48.2. The summed E-state index contributed by atoms with van der Waals surface area (Å²) in [6, 6.07) is 92.4. The number of rotatable bonds is 11. The second-order valence-electron chi connectivity index (χ2n) is 22.5. The van der Waals surface area contributed by atoms with Gasteiger partial charge in [-0.25, -0.2) is 8.78 Å². The molecule has 0 saturated carbocycles. The minimum atomic E-state index is -0.729. The summed E-state index contributed by atoms with van der Waals surface area (Å²) in [6.07, 6.45) is 7.57. The molecule has 6 heterocycles. The molecule has 6 aromatic heterocycles. The monoisotopic (exact) mass is 1160 g/mol. The SMILES string of the molecule is N#Cc1c(-n2c3cc(-c4ccc(-c5ccccc5)nc4)ccc3c3ccc(-c4ccc(-c5ccccc5)nc4)cc32)cc(-c2cc(F)cc(F)c2)cc1-n1c2cc(-c3ccc(-c4ccccc4)nc3)ccc2c2ccc(-c3ccc(-c4ccccc4)nc3)cc21. The first kappa shape index (κ1) is 53.2. The molecule has 16 rings (SSSR count). The Balaban J connectivity index is 0.963. The van der Waals surface area contributed by atoms with Crippen LogP contribution in [0.1, 0.15) is 5.56 Å². The molecule has 0 aliphatic rings. The predicted molar refractivity (Wildman–Crippen MR) is 360 cm³/mol. The summed E-state index contributed by atoms with van der Waals surface area (Å²) in [6.45, 7) is 0. The molecule has 0 bridgehead atoms. The molecule has 10 aromatic carbocycles. The van der Waals surface area contributed by atoms with E-state index in [-0.39, 0.29) is 0 Å². The maximum Gasteiger partial charge on any atom is 0.126 e. The Bertz CT molecular complexity index is 4840. The first-order valence-electron chi connectivity index (χ1n) is 29.6. The molecular weight excluding hydrogens is 1110 g/mol. The van der Waals surface area contributed by atoms with Crippen molar-refractivity contribution in [2.75, 3.05) is 0 Å². The topological polar surface area (TPSA) is 85.2 Å². The second-order valence-corrected chi connectivity index (χ2v) is 22.5. The van der Waals surface area contributed by atoms with Gasteiger partial charge in [0, 0.05) is 96.9 Å². The molecule has 0 atom stereocenters. The molecule has 0 amide bonds. The Morgan fingerprint density at radius 1 is 0.256 bits per heavy atom. The van der Waals surface area contributed by atoms with Crippen LogP contribution in [-0.4, -0.2) is 29.1 Å². The molecule has 0 radical (unpaired) electrons. The smallest absolute Gasteiger partial charge is 0.126 e. The van der Waals surface area contributed by atoms with Crippen molar-refractivity contribution in [3.05, 3.63) is 315 Å². The third kappa shape index (κ3) is 9.62. The lowest BCUT2D eigenvalue weighted by Crippen LogP contribution is -2.05. The van der Waals surface area contributed by atoms with Gasteiger partial charge >= 0.3 is 0 Å². The molecular formula is C81H49F2N7. The van der Waals surface area contributed by atoms with Crippen LogP contribution in [0, 0.1) is 23.0 Å². The van der Waals surface area contributed by atoms with Gasteiger partial charge in [-0.2, -0.15) is 5.26 Å². The summed E-state index contributed by atoms with van der Waals surface area (Å²) in [4.78, 5) is 19.7. The van der Waals surface area contributed by atoms with E-state index >= 15 is 8.78 Å². The molecule has 7 nitrogen and oxygen atoms in total. The molecule has 16 aromatic rings. The molecule has 0 N–H and O–H groups in total. The van der Waals surface area contributed by atoms with Gasteiger partial charge in [-0.3, -0.25) is 19.9 Å². The van der Waals surface area contributed by atoms with Crippen molar-refractivity contribution in [1.29, 1.82) is 5.26 Å². The lowest BCUT2D eigenvalue weighted by molar-refractivity contribution is 0.584. The van der Waals surface area contributed by atoms with Gasteiger partial charge in [0.2, 0.25) is 0 Å². The highest BCUT2D eigenvalue weighted by Gasteiger charge is 2.25. The lowest BCUT2D eigenvalue weighted by atomic mass is 9.99. The van der Waals surface area contributed by atoms with E-state index in [1.807, 2.05) is 183 Å². The van der Waals surface area contributed by atoms with E-state index in [4.69, 9.17) is 19.9 Å². The summed E-state index contributed by atoms with van der Waals surface area (Å²) in [7, 11) is 0. The van der Waals surface area contributed by atoms with Crippen molar-refractivity contribution < 1.29 is 8.78 Å². The quantitative estimate of drug-likeness (QED) is 0.129. The maximum atomic E-state index is 15.8. The highest BCUT2D eigenvalue weighted by molar-refractivity contribution is 6.13. The number of halogens is 2. The minimum Gasteiger partial charge on any atom is -0.308 e. The van der Waals surface area contributed by atoms with Gasteiger partial charge in [-0.05, 0) is 106 Å². The number of aromatic nitrogens is 6. The third-order valence-corrected chi connectivity index (χ3v) is 17.1. The van der Waals surface area contributed by atoms with Crippen molar-refractivity contribution >= 4 is 43.6 Å². The van der Waals surface area contributed by atoms with E-state index in [2.05, 4.69) is 112 Å². The lowest BCUT2D eigenvalue weighted by Gasteiger charge is -2.19. The number of hydrogen-bond acceptors (Lipinski definition) is 5. The molecule has 0 aliphatic heterocycles. The van der Waals surface area contributed by atoms with E-state index < -0.39 is 11.6 Å². The number of nitriles is 1. The van der Waals surface area contributed by atoms with Gasteiger partial charge in [-0.15, -0.1) is 0 Å². The molecule has 0 unspecified atom stereocenters. The average Bonchev–Trinajstić information content (AvgIpc) is 1.68. The summed E-state index contributed by atoms with van der Waals surface area (Å²) in [5.41, 5.74) is 20.0. The van der Waals surface area contributed by atoms with Crippen LogP contribution in [0.3, 0.4) is 0 Å². The Morgan fingerprint density at radius 2 is 0.522 bits per heavy atom. The molecule has 0 fully saturated rings. The third-order valence-electron chi connectivity index (χ3n) is 17.1. The van der Waals surface area contributed by atoms with E-state index in [0.29, 0.717) is 28.1 Å². The molecule has 0 aliphatic carbocycles. The van der Waals surface area contributed by atoms with Crippen molar-refractivity contribution in [3.8, 4) is 118 Å². The summed E-state index contributed by atoms with van der Waals surface area (Å²) >= 11 is 0. The number of fused-ring (bicyclic) bond motifs is 6. The van der Waals surface area contributed by atoms with Crippen LogP contribution >= 0.6 is 0 Å². The normalized spacial score (nSPS) is 11.4. The van der Waals surface area contributed by atoms with Crippen molar-refractivity contribution in [2.24, 2.45) is 0 Å². The fraction of sp³-hybridized carbons (Fsp3) is 0. The van der Waals surface area contributed by atoms with Crippen molar-refractivity contribution in [1.82, 2.24) is 29.1 Å². The van der Waals surface area contributed by atoms with E-state index in [0.717, 1.165) is 139 Å². The second kappa shape index (κ2) is 22.2. The summed E-state index contributed by atoms with van der Waals surface area (Å²) in [5.74, 6) is -1.46. The summed E-state index contributed by atoms with van der Waals surface area (Å²) in [5, 5.41) is 16.0. The largest absolute Gasteiger partial charge is 0.308 e. The number of nitrogens with zero attached hydrogens (tertiary/aromatic N) is 7. The maximum absolute atomic E-state index is 15.8. The average molecular weight is 1160 g/mol. The highest BCUT2D eigenvalue weighted by Crippen LogP contribution is 2.44. The fourth-order valence-corrected chi connectivity index (χ4v) is 12.6. The number of pyridine rings is 4. The number of hydrogen-bond donors (Lipinski definition) is 0. The minimum absolute atomic E-state index is 0.298. The van der Waals surface area contributed by atoms with E-state index in [1.54, 1.807) is 0 Å². The van der Waals surface area contributed by atoms with Gasteiger partial charge in [-0.1, -0.05) is 194 Å². The van der Waals surface area contributed by atoms with Crippen LogP contribution in [-0.2, 0) is 0 Å². The van der Waals surface area contributed by atoms with Crippen LogP contribution in [0.4, 0.5) is 8.78 Å². The highest BCUT2D eigenvalue weighted by atomic mass is 19.1. The van der Waals surface area contributed by atoms with Crippen LogP contribution in [0.15, 0.2) is 298 Å². The van der Waals surface area contributed by atoms with Crippen LogP contribution < -0.4 is 0 Å². The van der Waals surface area contributed by atoms with Gasteiger partial charge in [0.1, 0.15) is 23.3 Å². The fourth-order valence-electron chi connectivity index (χ4n) is 12.6. The van der Waals surface area contributed by atoms with Crippen LogP contribution in [0.2, 0.25) is 0 Å². The zero-order chi connectivity index (χ0) is 60.2. The van der Waals surface area contributed by atoms with Gasteiger partial charge in [0.05, 0.1) is 56.2 Å². The van der Waals surface area contributed by atoms with Gasteiger partial charge in [0.15, 0.2) is 0 Å². The van der Waals surface area contributed by atoms with E-state index in [1.165, 1.54) is 12.1 Å². The number of benzene rings is 10. The van der Waals surface area contributed by atoms with Gasteiger partial charge in [0.25, 0.3) is 0 Å². The Kier molecular flexibility index (Phi) is 13.2. The predicted octanol–water partition coefficient (Wildman–Crippen LogP) is 20.6. The molecule has 9 heteroatoms. The van der Waals surface area contributed by atoms with E-state index in [9.17, 15) is 5.26 Å². The van der Waals surface area contributed by atoms with Crippen molar-refractivity contribution in [2.45, 2.75) is 0 Å². The molecule has 0 saturated heterocycles. The van der Waals surface area contributed by atoms with Crippen LogP contribution in [0.5, 0.6) is 0 Å². The zero-order valence-electron chi connectivity index (χ0n) is 48.2. The van der Waals surface area contributed by atoms with Gasteiger partial charge < -0.3 is 9.13 Å². The Morgan fingerprint density at radius 3 is 0.778 bits per heavy atom. The molecule has 90 heavy (non-hydrogen) atoms. The van der Waals surface area contributed by atoms with Crippen molar-refractivity contribution in [3.63, 3.8) is 0 Å². The first-order valence-corrected chi connectivity index (χ1v) is 29.6. The molecule has 422 valence electrons.